The average Bonchev–Trinajstić information content (AvgIpc) is 2.57. The lowest BCUT2D eigenvalue weighted by atomic mass is 9.62. The summed E-state index contributed by atoms with van der Waals surface area (Å²) in [6, 6.07) is 0. The highest BCUT2D eigenvalue weighted by Gasteiger charge is 2.44. The smallest absolute Gasteiger partial charge is 0.0329 e. The van der Waals surface area contributed by atoms with Gasteiger partial charge in [-0.2, -0.15) is 0 Å². The van der Waals surface area contributed by atoms with Crippen LogP contribution < -0.4 is 0 Å². The molecular weight excluding hydrogens is 168 g/mol. The highest BCUT2D eigenvalue weighted by molar-refractivity contribution is 4.94. The van der Waals surface area contributed by atoms with Crippen molar-refractivity contribution in [1.82, 2.24) is 0 Å². The molecule has 82 valence electrons. The molecule has 0 spiro atoms. The highest BCUT2D eigenvalue weighted by Crippen LogP contribution is 2.53. The Labute approximate surface area is 89.5 Å². The van der Waals surface area contributed by atoms with Gasteiger partial charge in [0.05, 0.1) is 0 Å². The maximum absolute atomic E-state index is 2.52. The molecule has 0 radical (unpaired) electrons. The van der Waals surface area contributed by atoms with E-state index in [9.17, 15) is 0 Å². The first-order valence-corrected chi connectivity index (χ1v) is 6.65. The fourth-order valence-corrected chi connectivity index (χ4v) is 4.37. The van der Waals surface area contributed by atoms with Crippen LogP contribution in [-0.4, -0.2) is 0 Å². The summed E-state index contributed by atoms with van der Waals surface area (Å²) in [6.45, 7) is 9.86. The van der Waals surface area contributed by atoms with E-state index in [2.05, 4.69) is 27.7 Å². The van der Waals surface area contributed by atoms with Crippen molar-refractivity contribution in [2.24, 2.45) is 35.5 Å². The van der Waals surface area contributed by atoms with E-state index in [4.69, 9.17) is 0 Å². The summed E-state index contributed by atoms with van der Waals surface area (Å²) in [5.74, 6) is 6.14. The predicted octanol–water partition coefficient (Wildman–Crippen LogP) is 4.35. The standard InChI is InChI=1S/C14H26/c1-5-12-6-7-13-8-9(2)10(3)11(4)14(12)13/h9-14H,5-8H2,1-4H3. The largest absolute Gasteiger partial charge is 0.0651 e. The molecule has 0 amide bonds. The fraction of sp³-hybridized carbons (Fsp3) is 1.00. The Bertz CT molecular complexity index is 196. The van der Waals surface area contributed by atoms with Crippen molar-refractivity contribution in [2.45, 2.75) is 53.4 Å². The monoisotopic (exact) mass is 194 g/mol. The van der Waals surface area contributed by atoms with Crippen LogP contribution in [0.1, 0.15) is 53.4 Å². The second-order valence-corrected chi connectivity index (χ2v) is 6.01. The van der Waals surface area contributed by atoms with Crippen LogP contribution in [0.4, 0.5) is 0 Å². The second-order valence-electron chi connectivity index (χ2n) is 6.01. The molecule has 6 atom stereocenters. The van der Waals surface area contributed by atoms with Crippen molar-refractivity contribution in [3.63, 3.8) is 0 Å². The molecule has 2 rings (SSSR count). The first-order valence-electron chi connectivity index (χ1n) is 6.65. The van der Waals surface area contributed by atoms with Crippen LogP contribution >= 0.6 is 0 Å². The molecule has 0 aromatic rings. The van der Waals surface area contributed by atoms with Crippen LogP contribution in [0.5, 0.6) is 0 Å². The predicted molar refractivity (Wildman–Crippen MR) is 62.1 cm³/mol. The van der Waals surface area contributed by atoms with Gasteiger partial charge in [-0.1, -0.05) is 34.1 Å². The van der Waals surface area contributed by atoms with Crippen molar-refractivity contribution in [3.8, 4) is 0 Å². The van der Waals surface area contributed by atoms with E-state index in [1.165, 1.54) is 25.7 Å². The molecule has 0 saturated heterocycles. The van der Waals surface area contributed by atoms with Crippen LogP contribution in [0.15, 0.2) is 0 Å². The third-order valence-corrected chi connectivity index (χ3v) is 5.53. The molecule has 0 N–H and O–H groups in total. The lowest BCUT2D eigenvalue weighted by molar-refractivity contribution is 0.0597. The molecule has 2 aliphatic carbocycles. The summed E-state index contributed by atoms with van der Waals surface area (Å²) in [4.78, 5) is 0. The highest BCUT2D eigenvalue weighted by atomic mass is 14.5. The van der Waals surface area contributed by atoms with E-state index in [0.29, 0.717) is 0 Å². The van der Waals surface area contributed by atoms with Gasteiger partial charge in [0.1, 0.15) is 0 Å². The van der Waals surface area contributed by atoms with Gasteiger partial charge in [0.15, 0.2) is 0 Å². The molecule has 0 nitrogen and oxygen atoms in total. The lowest BCUT2D eigenvalue weighted by Crippen LogP contribution is -2.36. The van der Waals surface area contributed by atoms with Crippen molar-refractivity contribution < 1.29 is 0 Å². The zero-order valence-corrected chi connectivity index (χ0v) is 10.3. The molecule has 0 heteroatoms. The summed E-state index contributed by atoms with van der Waals surface area (Å²) in [5.41, 5.74) is 0. The average molecular weight is 194 g/mol. The molecule has 2 saturated carbocycles. The molecule has 0 heterocycles. The maximum atomic E-state index is 2.52. The summed E-state index contributed by atoms with van der Waals surface area (Å²) in [7, 11) is 0. The van der Waals surface area contributed by atoms with Gasteiger partial charge in [-0.3, -0.25) is 0 Å². The normalized spacial score (nSPS) is 53.1. The third kappa shape index (κ3) is 1.51. The molecule has 2 fully saturated rings. The summed E-state index contributed by atoms with van der Waals surface area (Å²) < 4.78 is 0. The number of fused-ring (bicyclic) bond motifs is 1. The molecule has 14 heavy (non-hydrogen) atoms. The van der Waals surface area contributed by atoms with Crippen molar-refractivity contribution in [3.05, 3.63) is 0 Å². The topological polar surface area (TPSA) is 0 Å². The minimum atomic E-state index is 0.961. The lowest BCUT2D eigenvalue weighted by Gasteiger charge is -2.43. The van der Waals surface area contributed by atoms with E-state index < -0.39 is 0 Å². The molecule has 0 bridgehead atoms. The van der Waals surface area contributed by atoms with E-state index in [0.717, 1.165) is 35.5 Å². The Morgan fingerprint density at radius 1 is 1.00 bits per heavy atom. The molecule has 0 aromatic carbocycles. The van der Waals surface area contributed by atoms with Gasteiger partial charge < -0.3 is 0 Å². The first-order chi connectivity index (χ1) is 6.65. The van der Waals surface area contributed by atoms with Gasteiger partial charge >= 0.3 is 0 Å². The quantitative estimate of drug-likeness (QED) is 0.582. The fourth-order valence-electron chi connectivity index (χ4n) is 4.37. The summed E-state index contributed by atoms with van der Waals surface area (Å²) >= 11 is 0. The van der Waals surface area contributed by atoms with E-state index >= 15 is 0 Å². The second kappa shape index (κ2) is 3.87. The molecule has 6 unspecified atom stereocenters. The Kier molecular flexibility index (Phi) is 2.91. The maximum Gasteiger partial charge on any atom is -0.0329 e. The molecule has 0 aliphatic heterocycles. The number of hydrogen-bond acceptors (Lipinski definition) is 0. The summed E-state index contributed by atoms with van der Waals surface area (Å²) in [5, 5.41) is 0. The SMILES string of the molecule is CCC1CCC2CC(C)C(C)C(C)C12. The van der Waals surface area contributed by atoms with Crippen LogP contribution in [-0.2, 0) is 0 Å². The Morgan fingerprint density at radius 3 is 2.36 bits per heavy atom. The van der Waals surface area contributed by atoms with Crippen LogP contribution in [0, 0.1) is 35.5 Å². The number of hydrogen-bond donors (Lipinski definition) is 0. The van der Waals surface area contributed by atoms with Gasteiger partial charge in [0.2, 0.25) is 0 Å². The van der Waals surface area contributed by atoms with Gasteiger partial charge in [-0.15, -0.1) is 0 Å². The van der Waals surface area contributed by atoms with E-state index in [1.807, 2.05) is 0 Å². The first kappa shape index (κ1) is 10.5. The van der Waals surface area contributed by atoms with E-state index in [-0.39, 0.29) is 0 Å². The van der Waals surface area contributed by atoms with Gasteiger partial charge in [0, 0.05) is 0 Å². The molecule has 0 aromatic heterocycles. The van der Waals surface area contributed by atoms with Gasteiger partial charge in [-0.25, -0.2) is 0 Å². The Hall–Kier alpha value is 0. The molecular formula is C14H26. The van der Waals surface area contributed by atoms with Crippen molar-refractivity contribution in [1.29, 1.82) is 0 Å². The zero-order valence-electron chi connectivity index (χ0n) is 10.3. The zero-order chi connectivity index (χ0) is 10.3. The minimum absolute atomic E-state index is 0.961. The van der Waals surface area contributed by atoms with Crippen molar-refractivity contribution >= 4 is 0 Å². The number of rotatable bonds is 1. The third-order valence-electron chi connectivity index (χ3n) is 5.53. The van der Waals surface area contributed by atoms with Crippen LogP contribution in [0.3, 0.4) is 0 Å². The summed E-state index contributed by atoms with van der Waals surface area (Å²) in [6.07, 6.45) is 6.00. The molecule has 2 aliphatic rings. The van der Waals surface area contributed by atoms with Crippen molar-refractivity contribution in [2.75, 3.05) is 0 Å². The van der Waals surface area contributed by atoms with E-state index in [1.54, 1.807) is 0 Å². The Balaban J connectivity index is 2.13. The van der Waals surface area contributed by atoms with Gasteiger partial charge in [0.25, 0.3) is 0 Å². The Morgan fingerprint density at radius 2 is 1.71 bits per heavy atom. The van der Waals surface area contributed by atoms with Crippen LogP contribution in [0.2, 0.25) is 0 Å². The van der Waals surface area contributed by atoms with Crippen LogP contribution in [0.25, 0.3) is 0 Å². The minimum Gasteiger partial charge on any atom is -0.0651 e. The van der Waals surface area contributed by atoms with Gasteiger partial charge in [-0.05, 0) is 54.8 Å².